The van der Waals surface area contributed by atoms with Crippen molar-refractivity contribution in [3.63, 3.8) is 0 Å². The van der Waals surface area contributed by atoms with Crippen molar-refractivity contribution in [1.29, 1.82) is 0 Å². The zero-order chi connectivity index (χ0) is 13.9. The number of hydrogen-bond acceptors (Lipinski definition) is 5. The summed E-state index contributed by atoms with van der Waals surface area (Å²) in [5.74, 6) is 0. The maximum absolute atomic E-state index is 12.0. The van der Waals surface area contributed by atoms with Crippen molar-refractivity contribution in [1.82, 2.24) is 9.71 Å². The second-order valence-electron chi connectivity index (χ2n) is 3.76. The van der Waals surface area contributed by atoms with Crippen molar-refractivity contribution in [2.45, 2.75) is 18.1 Å². The average molecular weight is 362 g/mol. The van der Waals surface area contributed by atoms with E-state index < -0.39 is 10.0 Å². The van der Waals surface area contributed by atoms with Gasteiger partial charge in [0, 0.05) is 34.0 Å². The third kappa shape index (κ3) is 3.83. The van der Waals surface area contributed by atoms with Crippen LogP contribution in [-0.2, 0) is 23.1 Å². The molecule has 2 rings (SSSR count). The number of sulfonamides is 1. The average Bonchev–Trinajstić information content (AvgIpc) is 2.82. The number of thiophene rings is 1. The number of halogens is 1. The molecule has 0 atom stereocenters. The first-order chi connectivity index (χ1) is 9.01. The molecule has 0 aliphatic heterocycles. The predicted octanol–water partition coefficient (Wildman–Crippen LogP) is 1.84. The Labute approximate surface area is 124 Å². The maximum Gasteiger partial charge on any atom is 0.258 e. The minimum absolute atomic E-state index is 0.000298. The zero-order valence-electron chi connectivity index (χ0n) is 9.84. The second kappa shape index (κ2) is 6.10. The molecule has 0 saturated carbocycles. The number of aromatic nitrogens is 1. The number of rotatable bonds is 5. The van der Waals surface area contributed by atoms with Crippen molar-refractivity contribution < 1.29 is 8.42 Å². The smallest absolute Gasteiger partial charge is 0.258 e. The first kappa shape index (κ1) is 14.6. The molecular formula is C11H12BrN3O2S2. The first-order valence-electron chi connectivity index (χ1n) is 5.39. The second-order valence-corrected chi connectivity index (χ2v) is 7.39. The highest BCUT2D eigenvalue weighted by molar-refractivity contribution is 9.10. The molecule has 8 heteroatoms. The van der Waals surface area contributed by atoms with Crippen molar-refractivity contribution in [3.8, 4) is 0 Å². The Bertz CT molecular complexity index is 653. The molecule has 0 unspecified atom stereocenters. The van der Waals surface area contributed by atoms with E-state index in [4.69, 9.17) is 5.73 Å². The quantitative estimate of drug-likeness (QED) is 0.850. The third-order valence-corrected chi connectivity index (χ3v) is 5.38. The van der Waals surface area contributed by atoms with Crippen molar-refractivity contribution in [2.75, 3.05) is 0 Å². The Hall–Kier alpha value is -0.800. The Morgan fingerprint density at radius 3 is 2.74 bits per heavy atom. The Morgan fingerprint density at radius 1 is 1.42 bits per heavy atom. The third-order valence-electron chi connectivity index (χ3n) is 2.37. The number of nitrogens with zero attached hydrogens (tertiary/aromatic N) is 1. The molecule has 0 aliphatic rings. The lowest BCUT2D eigenvalue weighted by atomic mass is 10.3. The molecule has 5 nitrogen and oxygen atoms in total. The molecule has 2 aromatic rings. The molecule has 0 amide bonds. The van der Waals surface area contributed by atoms with Gasteiger partial charge in [0.15, 0.2) is 5.03 Å². The van der Waals surface area contributed by atoms with Gasteiger partial charge >= 0.3 is 0 Å². The minimum Gasteiger partial charge on any atom is -0.326 e. The van der Waals surface area contributed by atoms with E-state index in [0.29, 0.717) is 6.54 Å². The van der Waals surface area contributed by atoms with E-state index in [1.54, 1.807) is 6.07 Å². The fraction of sp³-hybridized carbons (Fsp3) is 0.182. The molecule has 3 N–H and O–H groups in total. The number of nitrogens with one attached hydrogen (secondary N) is 1. The molecule has 0 aromatic carbocycles. The first-order valence-corrected chi connectivity index (χ1v) is 8.54. The molecule has 0 aliphatic carbocycles. The van der Waals surface area contributed by atoms with E-state index in [1.165, 1.54) is 23.6 Å². The molecule has 0 spiro atoms. The van der Waals surface area contributed by atoms with Gasteiger partial charge in [0.25, 0.3) is 10.0 Å². The van der Waals surface area contributed by atoms with Gasteiger partial charge in [-0.05, 0) is 33.6 Å². The molecule has 0 radical (unpaired) electrons. The number of nitrogens with two attached hydrogens (primary N) is 1. The molecule has 0 fully saturated rings. The van der Waals surface area contributed by atoms with Gasteiger partial charge in [0.1, 0.15) is 0 Å². The molecule has 2 heterocycles. The Kier molecular flexibility index (Phi) is 4.69. The standard InChI is InChI=1S/C11H12BrN3O2S2/c12-9-3-10(18-7-9)6-15-19(16,17)11-2-1-8(4-13)5-14-11/h1-3,5,7,15H,4,6,13H2. The lowest BCUT2D eigenvalue weighted by Crippen LogP contribution is -2.23. The maximum atomic E-state index is 12.0. The topological polar surface area (TPSA) is 85.1 Å². The van der Waals surface area contributed by atoms with Gasteiger partial charge in [-0.15, -0.1) is 11.3 Å². The van der Waals surface area contributed by atoms with Crippen molar-refractivity contribution >= 4 is 37.3 Å². The molecular weight excluding hydrogens is 350 g/mol. The number of hydrogen-bond donors (Lipinski definition) is 2. The molecule has 0 saturated heterocycles. The van der Waals surface area contributed by atoms with Crippen LogP contribution in [0.2, 0.25) is 0 Å². The highest BCUT2D eigenvalue weighted by Crippen LogP contribution is 2.20. The van der Waals surface area contributed by atoms with Crippen molar-refractivity contribution in [3.05, 3.63) is 44.7 Å². The van der Waals surface area contributed by atoms with Crippen LogP contribution in [0, 0.1) is 0 Å². The van der Waals surface area contributed by atoms with Crippen LogP contribution in [0.1, 0.15) is 10.4 Å². The summed E-state index contributed by atoms with van der Waals surface area (Å²) in [5, 5.41) is 1.90. The summed E-state index contributed by atoms with van der Waals surface area (Å²) in [6.07, 6.45) is 1.47. The Morgan fingerprint density at radius 2 is 2.21 bits per heavy atom. The van der Waals surface area contributed by atoms with Crippen molar-refractivity contribution in [2.24, 2.45) is 5.73 Å². The van der Waals surface area contributed by atoms with E-state index in [9.17, 15) is 8.42 Å². The summed E-state index contributed by atoms with van der Waals surface area (Å²) in [7, 11) is -3.58. The summed E-state index contributed by atoms with van der Waals surface area (Å²) >= 11 is 4.80. The predicted molar refractivity (Wildman–Crippen MR) is 78.2 cm³/mol. The van der Waals surface area contributed by atoms with Crippen LogP contribution in [0.4, 0.5) is 0 Å². The van der Waals surface area contributed by atoms with Crippen LogP contribution in [0.5, 0.6) is 0 Å². The fourth-order valence-corrected chi connectivity index (χ4v) is 3.79. The fourth-order valence-electron chi connectivity index (χ4n) is 1.38. The molecule has 2 aromatic heterocycles. The molecule has 19 heavy (non-hydrogen) atoms. The van der Waals surface area contributed by atoms with Gasteiger partial charge in [0.05, 0.1) is 0 Å². The van der Waals surface area contributed by atoms with Gasteiger partial charge in [-0.3, -0.25) is 0 Å². The lowest BCUT2D eigenvalue weighted by Gasteiger charge is -2.05. The molecule has 102 valence electrons. The van der Waals surface area contributed by atoms with E-state index in [2.05, 4.69) is 25.6 Å². The van der Waals surface area contributed by atoms with Crippen LogP contribution in [0.15, 0.2) is 39.3 Å². The highest BCUT2D eigenvalue weighted by Gasteiger charge is 2.15. The van der Waals surface area contributed by atoms with E-state index in [-0.39, 0.29) is 11.6 Å². The lowest BCUT2D eigenvalue weighted by molar-refractivity contribution is 0.578. The van der Waals surface area contributed by atoms with Crippen LogP contribution in [0.25, 0.3) is 0 Å². The zero-order valence-corrected chi connectivity index (χ0v) is 13.1. The normalized spacial score (nSPS) is 11.7. The summed E-state index contributed by atoms with van der Waals surface area (Å²) in [4.78, 5) is 4.83. The van der Waals surface area contributed by atoms with Gasteiger partial charge in [-0.25, -0.2) is 18.1 Å². The van der Waals surface area contributed by atoms with Gasteiger partial charge in [-0.1, -0.05) is 6.07 Å². The van der Waals surface area contributed by atoms with Crippen LogP contribution < -0.4 is 10.5 Å². The largest absolute Gasteiger partial charge is 0.326 e. The van der Waals surface area contributed by atoms with E-state index in [0.717, 1.165) is 14.9 Å². The SMILES string of the molecule is NCc1ccc(S(=O)(=O)NCc2cc(Br)cs2)nc1. The summed E-state index contributed by atoms with van der Waals surface area (Å²) < 4.78 is 27.5. The van der Waals surface area contributed by atoms with Gasteiger partial charge < -0.3 is 5.73 Å². The molecule has 0 bridgehead atoms. The minimum atomic E-state index is -3.58. The van der Waals surface area contributed by atoms with E-state index >= 15 is 0 Å². The van der Waals surface area contributed by atoms with Crippen LogP contribution in [0.3, 0.4) is 0 Å². The Balaban J connectivity index is 2.09. The summed E-state index contributed by atoms with van der Waals surface area (Å²) in [6.45, 7) is 0.586. The van der Waals surface area contributed by atoms with Crippen LogP contribution in [-0.4, -0.2) is 13.4 Å². The summed E-state index contributed by atoms with van der Waals surface area (Å²) in [5.41, 5.74) is 6.23. The number of pyridine rings is 1. The van der Waals surface area contributed by atoms with Crippen LogP contribution >= 0.6 is 27.3 Å². The van der Waals surface area contributed by atoms with Gasteiger partial charge in [-0.2, -0.15) is 0 Å². The van der Waals surface area contributed by atoms with Gasteiger partial charge in [0.2, 0.25) is 0 Å². The van der Waals surface area contributed by atoms with E-state index in [1.807, 2.05) is 11.4 Å². The summed E-state index contributed by atoms with van der Waals surface area (Å²) in [6, 6.07) is 4.98. The monoisotopic (exact) mass is 361 g/mol. The highest BCUT2D eigenvalue weighted by atomic mass is 79.9.